The highest BCUT2D eigenvalue weighted by Crippen LogP contribution is 2.08. The summed E-state index contributed by atoms with van der Waals surface area (Å²) in [7, 11) is 0. The Hall–Kier alpha value is -1.69. The SMILES string of the molecule is CC(C)[C@@H](CO)CNC(=O)c1cncc(=O)[nH]1. The van der Waals surface area contributed by atoms with E-state index in [-0.39, 0.29) is 24.1 Å². The van der Waals surface area contributed by atoms with Crippen LogP contribution in [0.15, 0.2) is 17.2 Å². The lowest BCUT2D eigenvalue weighted by molar-refractivity contribution is 0.0925. The number of hydrogen-bond donors (Lipinski definition) is 3. The van der Waals surface area contributed by atoms with Crippen molar-refractivity contribution in [2.75, 3.05) is 13.2 Å². The van der Waals surface area contributed by atoms with Crippen molar-refractivity contribution in [1.82, 2.24) is 15.3 Å². The van der Waals surface area contributed by atoms with Crippen LogP contribution in [0.2, 0.25) is 0 Å². The smallest absolute Gasteiger partial charge is 0.269 e. The number of carbonyl (C=O) groups is 1. The minimum Gasteiger partial charge on any atom is -0.396 e. The molecule has 1 aromatic heterocycles. The van der Waals surface area contributed by atoms with Crippen molar-refractivity contribution in [3.63, 3.8) is 0 Å². The lowest BCUT2D eigenvalue weighted by Gasteiger charge is -2.18. The van der Waals surface area contributed by atoms with E-state index in [1.54, 1.807) is 0 Å². The normalized spacial score (nSPS) is 12.5. The average molecular weight is 239 g/mol. The molecule has 0 bridgehead atoms. The molecule has 0 saturated carbocycles. The van der Waals surface area contributed by atoms with Gasteiger partial charge in [0.15, 0.2) is 0 Å². The highest BCUT2D eigenvalue weighted by Gasteiger charge is 2.14. The van der Waals surface area contributed by atoms with Gasteiger partial charge in [0, 0.05) is 19.1 Å². The van der Waals surface area contributed by atoms with Crippen LogP contribution in [0, 0.1) is 11.8 Å². The number of aromatic amines is 1. The summed E-state index contributed by atoms with van der Waals surface area (Å²) in [6, 6.07) is 0. The Morgan fingerprint density at radius 1 is 1.53 bits per heavy atom. The fourth-order valence-corrected chi connectivity index (χ4v) is 1.32. The van der Waals surface area contributed by atoms with Crippen molar-refractivity contribution in [3.8, 4) is 0 Å². The van der Waals surface area contributed by atoms with Gasteiger partial charge in [-0.2, -0.15) is 0 Å². The van der Waals surface area contributed by atoms with Crippen molar-refractivity contribution < 1.29 is 9.90 Å². The molecule has 0 fully saturated rings. The van der Waals surface area contributed by atoms with E-state index in [1.807, 2.05) is 13.8 Å². The molecule has 17 heavy (non-hydrogen) atoms. The monoisotopic (exact) mass is 239 g/mol. The molecule has 6 nitrogen and oxygen atoms in total. The van der Waals surface area contributed by atoms with Crippen LogP contribution in [0.4, 0.5) is 0 Å². The second-order valence-electron chi connectivity index (χ2n) is 4.21. The van der Waals surface area contributed by atoms with Gasteiger partial charge in [-0.25, -0.2) is 0 Å². The molecular formula is C11H17N3O3. The molecule has 0 aliphatic carbocycles. The highest BCUT2D eigenvalue weighted by molar-refractivity contribution is 5.91. The van der Waals surface area contributed by atoms with Gasteiger partial charge >= 0.3 is 0 Å². The minimum atomic E-state index is -0.416. The first-order valence-corrected chi connectivity index (χ1v) is 5.48. The van der Waals surface area contributed by atoms with Crippen LogP contribution in [0.25, 0.3) is 0 Å². The summed E-state index contributed by atoms with van der Waals surface area (Å²) in [6.07, 6.45) is 2.39. The maximum Gasteiger partial charge on any atom is 0.269 e. The quantitative estimate of drug-likeness (QED) is 0.661. The molecule has 94 valence electrons. The molecule has 1 heterocycles. The molecule has 0 aliphatic rings. The van der Waals surface area contributed by atoms with E-state index >= 15 is 0 Å². The molecule has 0 aliphatic heterocycles. The molecule has 1 aromatic rings. The lowest BCUT2D eigenvalue weighted by Crippen LogP contribution is -2.34. The fraction of sp³-hybridized carbons (Fsp3) is 0.545. The zero-order chi connectivity index (χ0) is 12.8. The Morgan fingerprint density at radius 2 is 2.24 bits per heavy atom. The van der Waals surface area contributed by atoms with Crippen molar-refractivity contribution >= 4 is 5.91 Å². The van der Waals surface area contributed by atoms with Gasteiger partial charge in [0.05, 0.1) is 12.4 Å². The molecule has 0 saturated heterocycles. The summed E-state index contributed by atoms with van der Waals surface area (Å²) in [5.41, 5.74) is -0.293. The second kappa shape index (κ2) is 6.15. The number of aliphatic hydroxyl groups excluding tert-OH is 1. The third kappa shape index (κ3) is 3.99. The standard InChI is InChI=1S/C11H17N3O3/c1-7(2)8(6-15)3-13-11(17)9-4-12-5-10(16)14-9/h4-5,7-8,15H,3,6H2,1-2H3,(H,13,17)(H,14,16)/t8-/m1/s1. The van der Waals surface area contributed by atoms with Crippen molar-refractivity contribution in [2.24, 2.45) is 11.8 Å². The number of nitrogens with zero attached hydrogens (tertiary/aromatic N) is 1. The van der Waals surface area contributed by atoms with Gasteiger partial charge in [-0.3, -0.25) is 14.6 Å². The predicted molar refractivity (Wildman–Crippen MR) is 62.6 cm³/mol. The van der Waals surface area contributed by atoms with E-state index in [9.17, 15) is 9.59 Å². The Labute approximate surface area is 99.1 Å². The highest BCUT2D eigenvalue weighted by atomic mass is 16.3. The van der Waals surface area contributed by atoms with Crippen molar-refractivity contribution in [3.05, 3.63) is 28.4 Å². The number of aliphatic hydroxyl groups is 1. The second-order valence-corrected chi connectivity index (χ2v) is 4.21. The molecule has 1 rings (SSSR count). The van der Waals surface area contributed by atoms with Crippen LogP contribution in [0.5, 0.6) is 0 Å². The summed E-state index contributed by atoms with van der Waals surface area (Å²) in [6.45, 7) is 4.32. The van der Waals surface area contributed by atoms with Crippen molar-refractivity contribution in [1.29, 1.82) is 0 Å². The molecule has 6 heteroatoms. The van der Waals surface area contributed by atoms with Crippen LogP contribution in [-0.4, -0.2) is 34.1 Å². The van der Waals surface area contributed by atoms with E-state index in [4.69, 9.17) is 5.11 Å². The summed E-state index contributed by atoms with van der Waals surface area (Å²) < 4.78 is 0. The largest absolute Gasteiger partial charge is 0.396 e. The first-order valence-electron chi connectivity index (χ1n) is 5.48. The molecule has 0 unspecified atom stereocenters. The summed E-state index contributed by atoms with van der Waals surface area (Å²) >= 11 is 0. The van der Waals surface area contributed by atoms with Crippen LogP contribution >= 0.6 is 0 Å². The van der Waals surface area contributed by atoms with Gasteiger partial charge < -0.3 is 15.4 Å². The Balaban J connectivity index is 2.58. The Kier molecular flexibility index (Phi) is 4.84. The maximum atomic E-state index is 11.6. The predicted octanol–water partition coefficient (Wildman–Crippen LogP) is -0.236. The lowest BCUT2D eigenvalue weighted by atomic mass is 9.97. The number of nitrogens with one attached hydrogen (secondary N) is 2. The molecule has 1 amide bonds. The zero-order valence-electron chi connectivity index (χ0n) is 9.93. The minimum absolute atomic E-state index is 0.00217. The molecule has 3 N–H and O–H groups in total. The Morgan fingerprint density at radius 3 is 2.76 bits per heavy atom. The summed E-state index contributed by atoms with van der Waals surface area (Å²) in [4.78, 5) is 28.6. The number of rotatable bonds is 5. The van der Waals surface area contributed by atoms with Gasteiger partial charge in [-0.1, -0.05) is 13.8 Å². The Bertz CT molecular complexity index is 428. The zero-order valence-corrected chi connectivity index (χ0v) is 9.93. The van der Waals surface area contributed by atoms with Crippen LogP contribution in [0.3, 0.4) is 0 Å². The molecule has 1 atom stereocenters. The van der Waals surface area contributed by atoms with Gasteiger partial charge in [-0.15, -0.1) is 0 Å². The van der Waals surface area contributed by atoms with Gasteiger partial charge in [0.2, 0.25) is 0 Å². The van der Waals surface area contributed by atoms with Gasteiger partial charge in [0.1, 0.15) is 5.69 Å². The number of carbonyl (C=O) groups excluding carboxylic acids is 1. The molecule has 0 radical (unpaired) electrons. The van der Waals surface area contributed by atoms with Crippen molar-refractivity contribution in [2.45, 2.75) is 13.8 Å². The van der Waals surface area contributed by atoms with E-state index < -0.39 is 11.5 Å². The summed E-state index contributed by atoms with van der Waals surface area (Å²) in [5.74, 6) is -0.120. The average Bonchev–Trinajstić information content (AvgIpc) is 2.29. The summed E-state index contributed by atoms with van der Waals surface area (Å²) in [5, 5.41) is 11.8. The van der Waals surface area contributed by atoms with Crippen LogP contribution in [-0.2, 0) is 0 Å². The number of amides is 1. The fourth-order valence-electron chi connectivity index (χ4n) is 1.32. The van der Waals surface area contributed by atoms with E-state index in [2.05, 4.69) is 15.3 Å². The first kappa shape index (κ1) is 13.4. The number of hydrogen-bond acceptors (Lipinski definition) is 4. The third-order valence-electron chi connectivity index (χ3n) is 2.60. The van der Waals surface area contributed by atoms with Crippen LogP contribution in [0.1, 0.15) is 24.3 Å². The van der Waals surface area contributed by atoms with E-state index in [0.717, 1.165) is 6.20 Å². The first-order chi connectivity index (χ1) is 8.04. The van der Waals surface area contributed by atoms with Gasteiger partial charge in [0.25, 0.3) is 11.5 Å². The molecule has 0 aromatic carbocycles. The van der Waals surface area contributed by atoms with Crippen LogP contribution < -0.4 is 10.9 Å². The molecular weight excluding hydrogens is 222 g/mol. The topological polar surface area (TPSA) is 95.1 Å². The molecule has 0 spiro atoms. The number of H-pyrrole nitrogens is 1. The maximum absolute atomic E-state index is 11.6. The van der Waals surface area contributed by atoms with E-state index in [1.165, 1.54) is 6.20 Å². The number of aromatic nitrogens is 2. The van der Waals surface area contributed by atoms with Gasteiger partial charge in [-0.05, 0) is 5.92 Å². The van der Waals surface area contributed by atoms with E-state index in [0.29, 0.717) is 6.54 Å². The third-order valence-corrected chi connectivity index (χ3v) is 2.60.